The van der Waals surface area contributed by atoms with E-state index in [1.165, 1.54) is 18.4 Å². The first-order valence-electron chi connectivity index (χ1n) is 7.87. The molecule has 0 bridgehead atoms. The number of likely N-dealkylation sites (tertiary alicyclic amines) is 1. The Morgan fingerprint density at radius 3 is 2.81 bits per heavy atom. The second kappa shape index (κ2) is 6.41. The Labute approximate surface area is 126 Å². The van der Waals surface area contributed by atoms with Gasteiger partial charge in [-0.2, -0.15) is 5.10 Å². The van der Waals surface area contributed by atoms with Gasteiger partial charge in [0.25, 0.3) is 0 Å². The summed E-state index contributed by atoms with van der Waals surface area (Å²) in [6, 6.07) is 10.7. The van der Waals surface area contributed by atoms with Gasteiger partial charge in [0.1, 0.15) is 0 Å². The molecule has 0 radical (unpaired) electrons. The predicted molar refractivity (Wildman–Crippen MR) is 85.3 cm³/mol. The summed E-state index contributed by atoms with van der Waals surface area (Å²) in [7, 11) is 0. The second-order valence-electron chi connectivity index (χ2n) is 5.82. The van der Waals surface area contributed by atoms with Crippen LogP contribution < -0.4 is 5.73 Å². The normalized spacial score (nSPS) is 22.8. The molecular formula is C17H24N4. The number of hydrogen-bond donors (Lipinski definition) is 1. The average Bonchev–Trinajstić information content (AvgIpc) is 3.14. The minimum absolute atomic E-state index is 0.424. The van der Waals surface area contributed by atoms with Gasteiger partial charge in [-0.15, -0.1) is 0 Å². The Bertz CT molecular complexity index is 563. The van der Waals surface area contributed by atoms with E-state index < -0.39 is 0 Å². The first kappa shape index (κ1) is 14.3. The van der Waals surface area contributed by atoms with E-state index in [1.807, 2.05) is 29.1 Å². The number of rotatable bonds is 5. The topological polar surface area (TPSA) is 47.1 Å². The SMILES string of the molecule is CCCN1CCC(CN)C1c1cnn(-c2ccccc2)c1. The Hall–Kier alpha value is -1.65. The molecule has 1 saturated heterocycles. The summed E-state index contributed by atoms with van der Waals surface area (Å²) in [5, 5.41) is 4.54. The van der Waals surface area contributed by atoms with Crippen LogP contribution in [0.4, 0.5) is 0 Å². The second-order valence-corrected chi connectivity index (χ2v) is 5.82. The first-order chi connectivity index (χ1) is 10.3. The van der Waals surface area contributed by atoms with E-state index in [4.69, 9.17) is 5.73 Å². The molecule has 1 aliphatic heterocycles. The monoisotopic (exact) mass is 284 g/mol. The molecule has 1 aromatic heterocycles. The van der Waals surface area contributed by atoms with E-state index in [1.54, 1.807) is 0 Å². The molecule has 112 valence electrons. The van der Waals surface area contributed by atoms with Crippen molar-refractivity contribution in [1.82, 2.24) is 14.7 Å². The molecule has 1 aliphatic rings. The van der Waals surface area contributed by atoms with E-state index in [0.29, 0.717) is 12.0 Å². The van der Waals surface area contributed by atoms with Gasteiger partial charge < -0.3 is 5.73 Å². The van der Waals surface area contributed by atoms with Crippen LogP contribution in [0.15, 0.2) is 42.7 Å². The van der Waals surface area contributed by atoms with Gasteiger partial charge in [0, 0.05) is 17.8 Å². The zero-order valence-corrected chi connectivity index (χ0v) is 12.7. The number of hydrogen-bond acceptors (Lipinski definition) is 3. The number of benzene rings is 1. The summed E-state index contributed by atoms with van der Waals surface area (Å²) >= 11 is 0. The van der Waals surface area contributed by atoms with E-state index in [2.05, 4.69) is 35.3 Å². The maximum Gasteiger partial charge on any atom is 0.0645 e. The maximum absolute atomic E-state index is 5.98. The van der Waals surface area contributed by atoms with Crippen LogP contribution in [-0.4, -0.2) is 34.3 Å². The fraction of sp³-hybridized carbons (Fsp3) is 0.471. The molecule has 0 aliphatic carbocycles. The lowest BCUT2D eigenvalue weighted by atomic mass is 9.96. The highest BCUT2D eigenvalue weighted by Crippen LogP contribution is 2.36. The van der Waals surface area contributed by atoms with E-state index in [0.717, 1.165) is 25.3 Å². The first-order valence-corrected chi connectivity index (χ1v) is 7.87. The van der Waals surface area contributed by atoms with Crippen molar-refractivity contribution in [2.45, 2.75) is 25.8 Å². The van der Waals surface area contributed by atoms with Gasteiger partial charge in [0.2, 0.25) is 0 Å². The molecule has 21 heavy (non-hydrogen) atoms. The average molecular weight is 284 g/mol. The molecular weight excluding hydrogens is 260 g/mol. The molecule has 4 heteroatoms. The molecule has 0 saturated carbocycles. The third kappa shape index (κ3) is 2.87. The van der Waals surface area contributed by atoms with Crippen LogP contribution in [0.2, 0.25) is 0 Å². The lowest BCUT2D eigenvalue weighted by molar-refractivity contribution is 0.230. The van der Waals surface area contributed by atoms with Crippen molar-refractivity contribution in [2.75, 3.05) is 19.6 Å². The molecule has 4 nitrogen and oxygen atoms in total. The van der Waals surface area contributed by atoms with Gasteiger partial charge in [-0.1, -0.05) is 25.1 Å². The quantitative estimate of drug-likeness (QED) is 0.918. The van der Waals surface area contributed by atoms with Crippen molar-refractivity contribution in [1.29, 1.82) is 0 Å². The molecule has 2 unspecified atom stereocenters. The Morgan fingerprint density at radius 1 is 1.29 bits per heavy atom. The Balaban J connectivity index is 1.86. The highest BCUT2D eigenvalue weighted by Gasteiger charge is 2.34. The van der Waals surface area contributed by atoms with E-state index in [-0.39, 0.29) is 0 Å². The van der Waals surface area contributed by atoms with Crippen molar-refractivity contribution in [3.8, 4) is 5.69 Å². The lowest BCUT2D eigenvalue weighted by Crippen LogP contribution is -2.28. The third-order valence-electron chi connectivity index (χ3n) is 4.41. The van der Waals surface area contributed by atoms with Gasteiger partial charge in [-0.05, 0) is 50.5 Å². The lowest BCUT2D eigenvalue weighted by Gasteiger charge is -2.26. The van der Waals surface area contributed by atoms with Crippen LogP contribution in [0.3, 0.4) is 0 Å². The highest BCUT2D eigenvalue weighted by molar-refractivity contribution is 5.31. The number of para-hydroxylation sites is 1. The predicted octanol–water partition coefficient (Wildman–Crippen LogP) is 2.60. The molecule has 3 rings (SSSR count). The van der Waals surface area contributed by atoms with E-state index in [9.17, 15) is 0 Å². The van der Waals surface area contributed by atoms with Crippen LogP contribution >= 0.6 is 0 Å². The summed E-state index contributed by atoms with van der Waals surface area (Å²) in [5.41, 5.74) is 8.38. The molecule has 2 heterocycles. The molecule has 2 N–H and O–H groups in total. The third-order valence-corrected chi connectivity index (χ3v) is 4.41. The van der Waals surface area contributed by atoms with Gasteiger partial charge in [0.15, 0.2) is 0 Å². The Kier molecular flexibility index (Phi) is 4.36. The van der Waals surface area contributed by atoms with Crippen LogP contribution in [-0.2, 0) is 0 Å². The summed E-state index contributed by atoms with van der Waals surface area (Å²) in [5.74, 6) is 0.546. The van der Waals surface area contributed by atoms with Gasteiger partial charge in [-0.25, -0.2) is 4.68 Å². The summed E-state index contributed by atoms with van der Waals surface area (Å²) in [4.78, 5) is 2.56. The summed E-state index contributed by atoms with van der Waals surface area (Å²) < 4.78 is 1.96. The zero-order chi connectivity index (χ0) is 14.7. The standard InChI is InChI=1S/C17H24N4/c1-2-9-20-10-8-14(11-18)17(20)15-12-19-21(13-15)16-6-4-3-5-7-16/h3-7,12-14,17H,2,8-11,18H2,1H3. The molecule has 2 atom stereocenters. The van der Waals surface area contributed by atoms with Crippen molar-refractivity contribution in [3.63, 3.8) is 0 Å². The van der Waals surface area contributed by atoms with Crippen LogP contribution in [0.1, 0.15) is 31.4 Å². The Morgan fingerprint density at radius 2 is 2.10 bits per heavy atom. The number of aromatic nitrogens is 2. The minimum Gasteiger partial charge on any atom is -0.330 e. The van der Waals surface area contributed by atoms with Crippen molar-refractivity contribution >= 4 is 0 Å². The van der Waals surface area contributed by atoms with Crippen molar-refractivity contribution in [3.05, 3.63) is 48.3 Å². The molecule has 1 fully saturated rings. The number of nitrogens with zero attached hydrogens (tertiary/aromatic N) is 3. The fourth-order valence-electron chi connectivity index (χ4n) is 3.41. The fourth-order valence-corrected chi connectivity index (χ4v) is 3.41. The van der Waals surface area contributed by atoms with Gasteiger partial charge in [-0.3, -0.25) is 4.90 Å². The smallest absolute Gasteiger partial charge is 0.0645 e. The zero-order valence-electron chi connectivity index (χ0n) is 12.7. The largest absolute Gasteiger partial charge is 0.330 e. The molecule has 0 spiro atoms. The van der Waals surface area contributed by atoms with Crippen LogP contribution in [0.25, 0.3) is 5.69 Å². The van der Waals surface area contributed by atoms with Crippen LogP contribution in [0, 0.1) is 5.92 Å². The molecule has 0 amide bonds. The van der Waals surface area contributed by atoms with Crippen LogP contribution in [0.5, 0.6) is 0 Å². The maximum atomic E-state index is 5.98. The summed E-state index contributed by atoms with van der Waals surface area (Å²) in [6.07, 6.45) is 6.54. The highest BCUT2D eigenvalue weighted by atomic mass is 15.3. The van der Waals surface area contributed by atoms with Crippen molar-refractivity contribution in [2.24, 2.45) is 11.7 Å². The van der Waals surface area contributed by atoms with Gasteiger partial charge >= 0.3 is 0 Å². The van der Waals surface area contributed by atoms with Crippen molar-refractivity contribution < 1.29 is 0 Å². The van der Waals surface area contributed by atoms with Gasteiger partial charge in [0.05, 0.1) is 11.9 Å². The minimum atomic E-state index is 0.424. The molecule has 1 aromatic carbocycles. The summed E-state index contributed by atoms with van der Waals surface area (Å²) in [6.45, 7) is 5.27. The molecule has 2 aromatic rings. The number of nitrogens with two attached hydrogens (primary N) is 1. The van der Waals surface area contributed by atoms with E-state index >= 15 is 0 Å².